The van der Waals surface area contributed by atoms with E-state index in [4.69, 9.17) is 20.7 Å². The van der Waals surface area contributed by atoms with Gasteiger partial charge in [-0.05, 0) is 75.6 Å². The molecular formula is C26H36N8. The largest absolute Gasteiger partial charge is 0.372 e. The molecule has 8 nitrogen and oxygen atoms in total. The number of hydrogen-bond acceptors (Lipinski definition) is 7. The number of nitrogens with two attached hydrogens (primary N) is 1. The molecule has 0 bridgehead atoms. The monoisotopic (exact) mass is 460 g/mol. The Bertz CT molecular complexity index is 1100. The molecule has 34 heavy (non-hydrogen) atoms. The Hall–Kier alpha value is -2.87. The Morgan fingerprint density at radius 1 is 0.853 bits per heavy atom. The van der Waals surface area contributed by atoms with Crippen molar-refractivity contribution in [2.45, 2.75) is 82.3 Å². The fraction of sp³-hybridized carbons (Fsp3) is 0.577. The molecule has 1 aliphatic heterocycles. The van der Waals surface area contributed by atoms with E-state index in [1.54, 1.807) is 0 Å². The van der Waals surface area contributed by atoms with E-state index in [9.17, 15) is 0 Å². The number of nitrogens with zero attached hydrogens (tertiary/aromatic N) is 5. The SMILES string of the molecule is NC1CCC(Nc2nc(Nc3ccc(N4CCCC4)cc3)c3ncn(C4CCCC4)c3n2)CC1. The fourth-order valence-corrected chi connectivity index (χ4v) is 5.83. The first-order valence-electron chi connectivity index (χ1n) is 13.1. The summed E-state index contributed by atoms with van der Waals surface area (Å²) in [6.45, 7) is 2.30. The average molecular weight is 461 g/mol. The molecule has 3 fully saturated rings. The molecule has 0 atom stereocenters. The average Bonchev–Trinajstić information content (AvgIpc) is 3.63. The first-order chi connectivity index (χ1) is 16.7. The molecule has 2 aliphatic carbocycles. The summed E-state index contributed by atoms with van der Waals surface area (Å²) in [5, 5.41) is 7.16. The first kappa shape index (κ1) is 21.6. The predicted molar refractivity (Wildman–Crippen MR) is 138 cm³/mol. The van der Waals surface area contributed by atoms with Crippen LogP contribution in [0.4, 0.5) is 23.1 Å². The van der Waals surface area contributed by atoms with Crippen molar-refractivity contribution in [3.8, 4) is 0 Å². The van der Waals surface area contributed by atoms with Crippen molar-refractivity contribution in [1.82, 2.24) is 19.5 Å². The maximum Gasteiger partial charge on any atom is 0.227 e. The van der Waals surface area contributed by atoms with Gasteiger partial charge in [-0.25, -0.2) is 4.98 Å². The summed E-state index contributed by atoms with van der Waals surface area (Å²) in [6.07, 6.45) is 13.7. The van der Waals surface area contributed by atoms with Gasteiger partial charge in [0.15, 0.2) is 17.0 Å². The Kier molecular flexibility index (Phi) is 5.99. The summed E-state index contributed by atoms with van der Waals surface area (Å²) >= 11 is 0. The first-order valence-corrected chi connectivity index (χ1v) is 13.1. The van der Waals surface area contributed by atoms with Crippen LogP contribution in [0, 0.1) is 0 Å². The highest BCUT2D eigenvalue weighted by atomic mass is 15.2. The van der Waals surface area contributed by atoms with Crippen molar-refractivity contribution >= 4 is 34.3 Å². The van der Waals surface area contributed by atoms with Gasteiger partial charge in [-0.1, -0.05) is 12.8 Å². The molecule has 4 N–H and O–H groups in total. The molecular weight excluding hydrogens is 424 g/mol. The van der Waals surface area contributed by atoms with Crippen molar-refractivity contribution in [1.29, 1.82) is 0 Å². The molecule has 3 aliphatic rings. The lowest BCUT2D eigenvalue weighted by molar-refractivity contribution is 0.410. The van der Waals surface area contributed by atoms with Crippen LogP contribution in [-0.2, 0) is 0 Å². The number of imidazole rings is 1. The molecule has 3 aromatic rings. The predicted octanol–water partition coefficient (Wildman–Crippen LogP) is 4.97. The standard InChI is InChI=1S/C26H36N8/c27-18-7-9-20(10-8-18)30-26-31-24(23-25(32-26)34(17-28-23)22-5-1-2-6-22)29-19-11-13-21(14-12-19)33-15-3-4-16-33/h11-14,17-18,20,22H,1-10,15-16,27H2,(H2,29,30,31,32). The molecule has 6 rings (SSSR count). The fourth-order valence-electron chi connectivity index (χ4n) is 5.83. The lowest BCUT2D eigenvalue weighted by atomic mass is 9.92. The normalized spacial score (nSPS) is 23.6. The zero-order chi connectivity index (χ0) is 22.9. The third kappa shape index (κ3) is 4.43. The zero-order valence-electron chi connectivity index (χ0n) is 19.9. The highest BCUT2D eigenvalue weighted by Crippen LogP contribution is 2.34. The number of rotatable bonds is 6. The van der Waals surface area contributed by atoms with Gasteiger partial charge in [0.25, 0.3) is 0 Å². The Morgan fingerprint density at radius 3 is 2.32 bits per heavy atom. The summed E-state index contributed by atoms with van der Waals surface area (Å²) in [5.74, 6) is 1.45. The van der Waals surface area contributed by atoms with Crippen LogP contribution in [0.5, 0.6) is 0 Å². The second kappa shape index (κ2) is 9.41. The van der Waals surface area contributed by atoms with Crippen LogP contribution in [0.25, 0.3) is 11.2 Å². The lowest BCUT2D eigenvalue weighted by Gasteiger charge is -2.27. The molecule has 0 unspecified atom stereocenters. The highest BCUT2D eigenvalue weighted by Gasteiger charge is 2.24. The Labute approximate surface area is 201 Å². The van der Waals surface area contributed by atoms with Crippen LogP contribution in [0.3, 0.4) is 0 Å². The third-order valence-electron chi connectivity index (χ3n) is 7.85. The number of fused-ring (bicyclic) bond motifs is 1. The zero-order valence-corrected chi connectivity index (χ0v) is 19.9. The molecule has 1 aromatic carbocycles. The van der Waals surface area contributed by atoms with Crippen molar-refractivity contribution in [2.75, 3.05) is 28.6 Å². The smallest absolute Gasteiger partial charge is 0.227 e. The van der Waals surface area contributed by atoms with Gasteiger partial charge in [0.05, 0.1) is 6.33 Å². The summed E-state index contributed by atoms with van der Waals surface area (Å²) < 4.78 is 2.27. The quantitative estimate of drug-likeness (QED) is 0.478. The number of hydrogen-bond donors (Lipinski definition) is 3. The molecule has 180 valence electrons. The van der Waals surface area contributed by atoms with Crippen LogP contribution < -0.4 is 21.3 Å². The second-order valence-electron chi connectivity index (χ2n) is 10.3. The van der Waals surface area contributed by atoms with Gasteiger partial charge in [0.1, 0.15) is 0 Å². The summed E-state index contributed by atoms with van der Waals surface area (Å²) in [5.41, 5.74) is 10.2. The van der Waals surface area contributed by atoms with Gasteiger partial charge >= 0.3 is 0 Å². The molecule has 0 amide bonds. The van der Waals surface area contributed by atoms with Crippen LogP contribution in [-0.4, -0.2) is 44.7 Å². The topological polar surface area (TPSA) is 96.9 Å². The Morgan fingerprint density at radius 2 is 1.59 bits per heavy atom. The van der Waals surface area contributed by atoms with E-state index < -0.39 is 0 Å². The minimum absolute atomic E-state index is 0.325. The van der Waals surface area contributed by atoms with Crippen molar-refractivity contribution in [3.05, 3.63) is 30.6 Å². The molecule has 2 aromatic heterocycles. The van der Waals surface area contributed by atoms with E-state index in [1.165, 1.54) is 44.2 Å². The third-order valence-corrected chi connectivity index (χ3v) is 7.85. The highest BCUT2D eigenvalue weighted by molar-refractivity contribution is 5.86. The number of benzene rings is 1. The maximum atomic E-state index is 6.12. The maximum absolute atomic E-state index is 6.12. The van der Waals surface area contributed by atoms with Crippen molar-refractivity contribution < 1.29 is 0 Å². The summed E-state index contributed by atoms with van der Waals surface area (Å²) in [4.78, 5) is 17.1. The van der Waals surface area contributed by atoms with Gasteiger partial charge in [0.2, 0.25) is 5.95 Å². The van der Waals surface area contributed by atoms with Gasteiger partial charge in [-0.15, -0.1) is 0 Å². The van der Waals surface area contributed by atoms with Crippen LogP contribution in [0.15, 0.2) is 30.6 Å². The van der Waals surface area contributed by atoms with E-state index in [0.29, 0.717) is 24.1 Å². The van der Waals surface area contributed by atoms with Gasteiger partial charge in [-0.3, -0.25) is 0 Å². The van der Waals surface area contributed by atoms with Crippen LogP contribution >= 0.6 is 0 Å². The van der Waals surface area contributed by atoms with Gasteiger partial charge < -0.3 is 25.8 Å². The Balaban J connectivity index is 1.30. The summed E-state index contributed by atoms with van der Waals surface area (Å²) in [6, 6.07) is 9.86. The lowest BCUT2D eigenvalue weighted by Crippen LogP contribution is -2.33. The van der Waals surface area contributed by atoms with E-state index in [-0.39, 0.29) is 0 Å². The summed E-state index contributed by atoms with van der Waals surface area (Å²) in [7, 11) is 0. The van der Waals surface area contributed by atoms with Crippen LogP contribution in [0.1, 0.15) is 70.3 Å². The second-order valence-corrected chi connectivity index (χ2v) is 10.3. The van der Waals surface area contributed by atoms with Gasteiger partial charge in [-0.2, -0.15) is 9.97 Å². The number of anilines is 4. The molecule has 0 radical (unpaired) electrons. The van der Waals surface area contributed by atoms with Crippen LogP contribution in [0.2, 0.25) is 0 Å². The minimum Gasteiger partial charge on any atom is -0.372 e. The molecule has 1 saturated heterocycles. The van der Waals surface area contributed by atoms with E-state index in [2.05, 4.69) is 44.4 Å². The number of aromatic nitrogens is 4. The molecule has 0 spiro atoms. The van der Waals surface area contributed by atoms with E-state index in [1.807, 2.05) is 6.33 Å². The molecule has 3 heterocycles. The number of nitrogens with one attached hydrogen (secondary N) is 2. The van der Waals surface area contributed by atoms with Crippen molar-refractivity contribution in [3.63, 3.8) is 0 Å². The van der Waals surface area contributed by atoms with Crippen molar-refractivity contribution in [2.24, 2.45) is 5.73 Å². The van der Waals surface area contributed by atoms with E-state index in [0.717, 1.165) is 61.4 Å². The molecule has 2 saturated carbocycles. The van der Waals surface area contributed by atoms with E-state index >= 15 is 0 Å². The molecule has 8 heteroatoms. The van der Waals surface area contributed by atoms with Gasteiger partial charge in [0, 0.05) is 42.6 Å². The minimum atomic E-state index is 0.325.